The van der Waals surface area contributed by atoms with Crippen LogP contribution in [0.1, 0.15) is 23.6 Å². The van der Waals surface area contributed by atoms with E-state index in [0.29, 0.717) is 19.0 Å². The third kappa shape index (κ3) is 4.47. The summed E-state index contributed by atoms with van der Waals surface area (Å²) < 4.78 is 31.5. The van der Waals surface area contributed by atoms with Gasteiger partial charge in [0.15, 0.2) is 5.79 Å². The van der Waals surface area contributed by atoms with Gasteiger partial charge in [0.25, 0.3) is 0 Å². The molecule has 0 saturated carbocycles. The molecule has 7 heteroatoms. The van der Waals surface area contributed by atoms with Crippen LogP contribution < -0.4 is 14.2 Å². The molecule has 0 aromatic heterocycles. The highest BCUT2D eigenvalue weighted by Crippen LogP contribution is 2.50. The monoisotopic (exact) mass is 590 g/mol. The Balaban J connectivity index is 2.13. The first-order chi connectivity index (χ1) is 16.2. The van der Waals surface area contributed by atoms with Crippen LogP contribution in [0, 0.1) is 13.8 Å². The van der Waals surface area contributed by atoms with Crippen molar-refractivity contribution in [2.75, 3.05) is 34.5 Å². The second kappa shape index (κ2) is 9.90. The van der Waals surface area contributed by atoms with E-state index in [1.54, 1.807) is 21.3 Å². The van der Waals surface area contributed by atoms with Crippen LogP contribution in [-0.4, -0.2) is 34.5 Å². The molecule has 0 bridgehead atoms. The highest BCUT2D eigenvalue weighted by molar-refractivity contribution is 9.11. The van der Waals surface area contributed by atoms with Crippen molar-refractivity contribution in [3.05, 3.63) is 62.0 Å². The maximum absolute atomic E-state index is 6.07. The second-order valence-corrected chi connectivity index (χ2v) is 10.1. The van der Waals surface area contributed by atoms with E-state index in [0.717, 1.165) is 59.4 Å². The van der Waals surface area contributed by atoms with Crippen LogP contribution in [0.3, 0.4) is 0 Å². The molecule has 1 saturated heterocycles. The lowest BCUT2D eigenvalue weighted by Crippen LogP contribution is -2.22. The molecule has 0 N–H and O–H groups in total. The first kappa shape index (κ1) is 25.0. The van der Waals surface area contributed by atoms with Crippen molar-refractivity contribution in [2.45, 2.75) is 26.6 Å². The molecule has 3 aromatic rings. The van der Waals surface area contributed by atoms with Gasteiger partial charge in [0.05, 0.1) is 43.5 Å². The molecule has 0 spiro atoms. The maximum Gasteiger partial charge on any atom is 0.192 e. The van der Waals surface area contributed by atoms with Gasteiger partial charge < -0.3 is 23.7 Å². The van der Waals surface area contributed by atoms with Crippen LogP contribution in [0.25, 0.3) is 22.3 Å². The Morgan fingerprint density at radius 2 is 1.03 bits per heavy atom. The average Bonchev–Trinajstić information content (AvgIpc) is 3.25. The van der Waals surface area contributed by atoms with Crippen LogP contribution in [0.2, 0.25) is 0 Å². The Hall–Kier alpha value is -2.06. The summed E-state index contributed by atoms with van der Waals surface area (Å²) in [5, 5.41) is 0. The summed E-state index contributed by atoms with van der Waals surface area (Å²) >= 11 is 7.32. The molecule has 1 aliphatic rings. The number of hydrogen-bond donors (Lipinski definition) is 0. The number of hydrogen-bond acceptors (Lipinski definition) is 5. The summed E-state index contributed by atoms with van der Waals surface area (Å²) in [6.45, 7) is 7.12. The summed E-state index contributed by atoms with van der Waals surface area (Å²) in [5.41, 5.74) is 6.62. The van der Waals surface area contributed by atoms with E-state index in [4.69, 9.17) is 23.7 Å². The first-order valence-electron chi connectivity index (χ1n) is 10.9. The summed E-state index contributed by atoms with van der Waals surface area (Å²) in [4.78, 5) is 0. The van der Waals surface area contributed by atoms with Gasteiger partial charge in [-0.15, -0.1) is 0 Å². The van der Waals surface area contributed by atoms with E-state index >= 15 is 0 Å². The van der Waals surface area contributed by atoms with E-state index in [9.17, 15) is 0 Å². The predicted molar refractivity (Wildman–Crippen MR) is 141 cm³/mol. The standard InChI is InChI=1S/C27H28Br2O5/c1-15-9-18(25(31-5)22(28)11-15)20-13-17(27(3)33-7-8-34-27)14-21(24(20)30-4)19-10-16(2)12-23(29)26(19)32-6/h9-14H,7-8H2,1-6H3. The molecule has 4 rings (SSSR count). The van der Waals surface area contributed by atoms with Gasteiger partial charge in [-0.3, -0.25) is 0 Å². The van der Waals surface area contributed by atoms with Gasteiger partial charge in [-0.25, -0.2) is 0 Å². The summed E-state index contributed by atoms with van der Waals surface area (Å²) in [6, 6.07) is 12.4. The Morgan fingerprint density at radius 3 is 1.41 bits per heavy atom. The molecule has 0 radical (unpaired) electrons. The van der Waals surface area contributed by atoms with E-state index in [-0.39, 0.29) is 0 Å². The van der Waals surface area contributed by atoms with Crippen molar-refractivity contribution in [3.63, 3.8) is 0 Å². The molecule has 1 fully saturated rings. The fourth-order valence-electron chi connectivity index (χ4n) is 4.47. The van der Waals surface area contributed by atoms with Crippen LogP contribution in [-0.2, 0) is 15.3 Å². The van der Waals surface area contributed by atoms with Crippen LogP contribution in [0.15, 0.2) is 45.3 Å². The molecule has 0 amide bonds. The number of aryl methyl sites for hydroxylation is 2. The summed E-state index contributed by atoms with van der Waals surface area (Å²) in [5.74, 6) is 1.28. The number of methoxy groups -OCH3 is 3. The first-order valence-corrected chi connectivity index (χ1v) is 12.5. The van der Waals surface area contributed by atoms with E-state index in [1.807, 2.05) is 19.1 Å². The zero-order valence-electron chi connectivity index (χ0n) is 20.2. The van der Waals surface area contributed by atoms with Gasteiger partial charge >= 0.3 is 0 Å². The van der Waals surface area contributed by atoms with Crippen LogP contribution >= 0.6 is 31.9 Å². The van der Waals surface area contributed by atoms with Gasteiger partial charge in [-0.2, -0.15) is 0 Å². The average molecular weight is 592 g/mol. The van der Waals surface area contributed by atoms with Gasteiger partial charge in [-0.05, 0) is 100 Å². The maximum atomic E-state index is 6.07. The van der Waals surface area contributed by atoms with E-state index in [2.05, 4.69) is 70.0 Å². The van der Waals surface area contributed by atoms with Crippen LogP contribution in [0.5, 0.6) is 17.2 Å². The molecule has 3 aromatic carbocycles. The SMILES string of the molecule is COc1c(Br)cc(C)cc1-c1cc(C2(C)OCCO2)cc(-c2cc(C)cc(Br)c2OC)c1OC. The lowest BCUT2D eigenvalue weighted by atomic mass is 9.90. The third-order valence-corrected chi connectivity index (χ3v) is 7.20. The van der Waals surface area contributed by atoms with Crippen molar-refractivity contribution in [1.82, 2.24) is 0 Å². The Kier molecular flexibility index (Phi) is 7.29. The van der Waals surface area contributed by atoms with Crippen molar-refractivity contribution in [2.24, 2.45) is 0 Å². The molecule has 1 heterocycles. The Labute approximate surface area is 217 Å². The van der Waals surface area contributed by atoms with Crippen molar-refractivity contribution < 1.29 is 23.7 Å². The molecular formula is C27H28Br2O5. The molecule has 0 atom stereocenters. The molecular weight excluding hydrogens is 564 g/mol. The number of benzene rings is 3. The lowest BCUT2D eigenvalue weighted by Gasteiger charge is -2.27. The number of rotatable bonds is 6. The zero-order valence-corrected chi connectivity index (χ0v) is 23.3. The Bertz CT molecular complexity index is 1150. The highest BCUT2D eigenvalue weighted by atomic mass is 79.9. The minimum absolute atomic E-state index is 0.534. The molecule has 180 valence electrons. The fourth-order valence-corrected chi connectivity index (χ4v) is 5.94. The molecule has 0 aliphatic carbocycles. The van der Waals surface area contributed by atoms with Crippen molar-refractivity contribution >= 4 is 31.9 Å². The molecule has 1 aliphatic heterocycles. The van der Waals surface area contributed by atoms with Gasteiger partial charge in [0.2, 0.25) is 0 Å². The van der Waals surface area contributed by atoms with Gasteiger partial charge in [-0.1, -0.05) is 0 Å². The van der Waals surface area contributed by atoms with E-state index in [1.165, 1.54) is 0 Å². The smallest absolute Gasteiger partial charge is 0.192 e. The minimum Gasteiger partial charge on any atom is -0.495 e. The largest absolute Gasteiger partial charge is 0.495 e. The fraction of sp³-hybridized carbons (Fsp3) is 0.333. The predicted octanol–water partition coefficient (Wildman–Crippen LogP) is 7.41. The van der Waals surface area contributed by atoms with Crippen molar-refractivity contribution in [1.29, 1.82) is 0 Å². The zero-order chi connectivity index (χ0) is 24.6. The highest BCUT2D eigenvalue weighted by Gasteiger charge is 2.35. The molecule has 0 unspecified atom stereocenters. The molecule has 34 heavy (non-hydrogen) atoms. The minimum atomic E-state index is -0.877. The van der Waals surface area contributed by atoms with Crippen molar-refractivity contribution in [3.8, 4) is 39.5 Å². The quantitative estimate of drug-likeness (QED) is 0.299. The normalized spacial score (nSPS) is 14.8. The van der Waals surface area contributed by atoms with E-state index < -0.39 is 5.79 Å². The second-order valence-electron chi connectivity index (χ2n) is 8.40. The number of halogens is 2. The Morgan fingerprint density at radius 1 is 0.647 bits per heavy atom. The third-order valence-electron chi connectivity index (χ3n) is 6.02. The van der Waals surface area contributed by atoms with Gasteiger partial charge in [0.1, 0.15) is 17.2 Å². The van der Waals surface area contributed by atoms with Crippen LogP contribution in [0.4, 0.5) is 0 Å². The summed E-state index contributed by atoms with van der Waals surface area (Å²) in [6.07, 6.45) is 0. The van der Waals surface area contributed by atoms with Gasteiger partial charge in [0, 0.05) is 27.8 Å². The summed E-state index contributed by atoms with van der Waals surface area (Å²) in [7, 11) is 5.02. The lowest BCUT2D eigenvalue weighted by molar-refractivity contribution is -0.149. The number of ether oxygens (including phenoxy) is 5. The molecule has 5 nitrogen and oxygen atoms in total. The topological polar surface area (TPSA) is 46.2 Å².